The third-order valence-corrected chi connectivity index (χ3v) is 2.70. The van der Waals surface area contributed by atoms with Gasteiger partial charge >= 0.3 is 0 Å². The maximum Gasteiger partial charge on any atom is 0.194 e. The molecule has 3 nitrogen and oxygen atoms in total. The van der Waals surface area contributed by atoms with Gasteiger partial charge in [0.05, 0.1) is 16.4 Å². The lowest BCUT2D eigenvalue weighted by atomic mass is 10.1. The Hall–Kier alpha value is -1.48. The number of nitrogens with zero attached hydrogens (tertiary/aromatic N) is 1. The first-order valence-corrected chi connectivity index (χ1v) is 5.48. The Kier molecular flexibility index (Phi) is 3.15. The molecule has 84 valence electrons. The lowest BCUT2D eigenvalue weighted by Gasteiger charge is -2.02. The van der Waals surface area contributed by atoms with E-state index >= 15 is 0 Å². The van der Waals surface area contributed by atoms with Crippen LogP contribution in [0.2, 0.25) is 5.02 Å². The largest absolute Gasteiger partial charge is 0.449 e. The first kappa shape index (κ1) is 11.0. The number of anilines is 1. The van der Waals surface area contributed by atoms with E-state index in [1.807, 2.05) is 25.1 Å². The van der Waals surface area contributed by atoms with Crippen molar-refractivity contribution < 1.29 is 4.42 Å². The van der Waals surface area contributed by atoms with Gasteiger partial charge in [0.2, 0.25) is 0 Å². The highest BCUT2D eigenvalue weighted by atomic mass is 35.5. The van der Waals surface area contributed by atoms with Crippen molar-refractivity contribution in [2.24, 2.45) is 0 Å². The second-order valence-corrected chi connectivity index (χ2v) is 4.15. The van der Waals surface area contributed by atoms with Gasteiger partial charge in [-0.3, -0.25) is 0 Å². The number of hydrogen-bond acceptors (Lipinski definition) is 3. The topological polar surface area (TPSA) is 52.0 Å². The molecule has 1 aromatic heterocycles. The maximum atomic E-state index is 5.85. The van der Waals surface area contributed by atoms with Gasteiger partial charge in [-0.15, -0.1) is 0 Å². The van der Waals surface area contributed by atoms with Crippen molar-refractivity contribution in [2.45, 2.75) is 19.8 Å². The van der Waals surface area contributed by atoms with E-state index in [4.69, 9.17) is 21.8 Å². The molecular weight excluding hydrogens is 224 g/mol. The van der Waals surface area contributed by atoms with Gasteiger partial charge in [0.15, 0.2) is 5.89 Å². The summed E-state index contributed by atoms with van der Waals surface area (Å²) in [7, 11) is 0. The van der Waals surface area contributed by atoms with Gasteiger partial charge in [-0.05, 0) is 31.0 Å². The van der Waals surface area contributed by atoms with Crippen molar-refractivity contribution in [3.63, 3.8) is 0 Å². The molecule has 0 radical (unpaired) electrons. The summed E-state index contributed by atoms with van der Waals surface area (Å²) in [6.45, 7) is 1.91. The van der Waals surface area contributed by atoms with E-state index in [1.54, 1.807) is 6.26 Å². The molecule has 0 fully saturated rings. The van der Waals surface area contributed by atoms with Crippen molar-refractivity contribution in [1.82, 2.24) is 4.98 Å². The van der Waals surface area contributed by atoms with Gasteiger partial charge in [-0.25, -0.2) is 4.98 Å². The van der Waals surface area contributed by atoms with Gasteiger partial charge in [0, 0.05) is 6.42 Å². The number of benzene rings is 1. The monoisotopic (exact) mass is 236 g/mol. The molecule has 1 aromatic carbocycles. The molecule has 0 atom stereocenters. The summed E-state index contributed by atoms with van der Waals surface area (Å²) in [5.41, 5.74) is 8.38. The van der Waals surface area contributed by atoms with Gasteiger partial charge < -0.3 is 10.2 Å². The van der Waals surface area contributed by atoms with Crippen LogP contribution in [0.1, 0.15) is 17.1 Å². The van der Waals surface area contributed by atoms with E-state index in [2.05, 4.69) is 4.98 Å². The number of aromatic nitrogens is 1. The Bertz CT molecular complexity index is 494. The zero-order valence-corrected chi connectivity index (χ0v) is 9.79. The molecule has 0 unspecified atom stereocenters. The first-order chi connectivity index (χ1) is 7.65. The average Bonchev–Trinajstić information content (AvgIpc) is 2.66. The predicted molar refractivity (Wildman–Crippen MR) is 64.5 cm³/mol. The van der Waals surface area contributed by atoms with Crippen LogP contribution in [0.4, 0.5) is 5.69 Å². The van der Waals surface area contributed by atoms with E-state index in [1.165, 1.54) is 0 Å². The Morgan fingerprint density at radius 2 is 2.19 bits per heavy atom. The fourth-order valence-electron chi connectivity index (χ4n) is 1.52. The first-order valence-electron chi connectivity index (χ1n) is 5.10. The second-order valence-electron chi connectivity index (χ2n) is 3.74. The van der Waals surface area contributed by atoms with Gasteiger partial charge in [-0.1, -0.05) is 17.7 Å². The molecule has 2 rings (SSSR count). The molecule has 16 heavy (non-hydrogen) atoms. The fourth-order valence-corrected chi connectivity index (χ4v) is 1.64. The van der Waals surface area contributed by atoms with Gasteiger partial charge in [0.25, 0.3) is 0 Å². The average molecular weight is 237 g/mol. The number of nitrogen functional groups attached to an aromatic ring is 1. The van der Waals surface area contributed by atoms with Crippen LogP contribution in [0.25, 0.3) is 0 Å². The standard InChI is InChI=1S/C12H13ClN2O/c1-8-7-16-12(15-8)5-3-9-2-4-10(13)11(14)6-9/h2,4,6-7H,3,5,14H2,1H3. The molecule has 2 N–H and O–H groups in total. The minimum absolute atomic E-state index is 0.593. The van der Waals surface area contributed by atoms with Crippen LogP contribution in [0, 0.1) is 6.92 Å². The second kappa shape index (κ2) is 4.58. The van der Waals surface area contributed by atoms with E-state index in [0.717, 1.165) is 30.0 Å². The lowest BCUT2D eigenvalue weighted by Crippen LogP contribution is -1.94. The van der Waals surface area contributed by atoms with E-state index in [9.17, 15) is 0 Å². The predicted octanol–water partition coefficient (Wildman–Crippen LogP) is 3.00. The number of rotatable bonds is 3. The van der Waals surface area contributed by atoms with Crippen molar-refractivity contribution in [3.8, 4) is 0 Å². The molecule has 2 aromatic rings. The summed E-state index contributed by atoms with van der Waals surface area (Å²) < 4.78 is 5.27. The summed E-state index contributed by atoms with van der Waals surface area (Å²) >= 11 is 5.85. The summed E-state index contributed by atoms with van der Waals surface area (Å²) in [5, 5.41) is 0.593. The molecule has 4 heteroatoms. The Balaban J connectivity index is 2.02. The van der Waals surface area contributed by atoms with Crippen LogP contribution in [-0.4, -0.2) is 4.98 Å². The molecule has 0 saturated heterocycles. The van der Waals surface area contributed by atoms with Crippen molar-refractivity contribution in [3.05, 3.63) is 46.6 Å². The highest BCUT2D eigenvalue weighted by Gasteiger charge is 2.03. The van der Waals surface area contributed by atoms with E-state index in [-0.39, 0.29) is 0 Å². The third-order valence-electron chi connectivity index (χ3n) is 2.35. The Morgan fingerprint density at radius 1 is 1.38 bits per heavy atom. The summed E-state index contributed by atoms with van der Waals surface area (Å²) in [6.07, 6.45) is 3.28. The van der Waals surface area contributed by atoms with Crippen LogP contribution >= 0.6 is 11.6 Å². The quantitative estimate of drug-likeness (QED) is 0.834. The Labute approximate surface area is 99.2 Å². The molecular formula is C12H13ClN2O. The summed E-state index contributed by atoms with van der Waals surface area (Å²) in [6, 6.07) is 5.67. The normalized spacial score (nSPS) is 10.6. The van der Waals surface area contributed by atoms with Crippen LogP contribution in [0.3, 0.4) is 0 Å². The molecule has 0 aliphatic heterocycles. The minimum Gasteiger partial charge on any atom is -0.449 e. The van der Waals surface area contributed by atoms with Gasteiger partial charge in [0.1, 0.15) is 6.26 Å². The maximum absolute atomic E-state index is 5.85. The number of halogens is 1. The van der Waals surface area contributed by atoms with Gasteiger partial charge in [-0.2, -0.15) is 0 Å². The number of hydrogen-bond donors (Lipinski definition) is 1. The molecule has 0 aliphatic carbocycles. The zero-order chi connectivity index (χ0) is 11.5. The molecule has 0 spiro atoms. The highest BCUT2D eigenvalue weighted by Crippen LogP contribution is 2.20. The van der Waals surface area contributed by atoms with Crippen LogP contribution in [0.5, 0.6) is 0 Å². The highest BCUT2D eigenvalue weighted by molar-refractivity contribution is 6.33. The van der Waals surface area contributed by atoms with Crippen molar-refractivity contribution >= 4 is 17.3 Å². The van der Waals surface area contributed by atoms with E-state index < -0.39 is 0 Å². The lowest BCUT2D eigenvalue weighted by molar-refractivity contribution is 0.493. The number of oxazole rings is 1. The number of aryl methyl sites for hydroxylation is 3. The zero-order valence-electron chi connectivity index (χ0n) is 9.03. The molecule has 0 aliphatic rings. The summed E-state index contributed by atoms with van der Waals surface area (Å²) in [4.78, 5) is 4.24. The van der Waals surface area contributed by atoms with Crippen molar-refractivity contribution in [2.75, 3.05) is 5.73 Å². The smallest absolute Gasteiger partial charge is 0.194 e. The molecule has 0 bridgehead atoms. The Morgan fingerprint density at radius 3 is 2.81 bits per heavy atom. The van der Waals surface area contributed by atoms with Crippen molar-refractivity contribution in [1.29, 1.82) is 0 Å². The third kappa shape index (κ3) is 2.55. The van der Waals surface area contributed by atoms with Crippen LogP contribution < -0.4 is 5.73 Å². The molecule has 0 amide bonds. The minimum atomic E-state index is 0.593. The summed E-state index contributed by atoms with van der Waals surface area (Å²) in [5.74, 6) is 0.756. The molecule has 1 heterocycles. The fraction of sp³-hybridized carbons (Fsp3) is 0.250. The van der Waals surface area contributed by atoms with E-state index in [0.29, 0.717) is 10.7 Å². The van der Waals surface area contributed by atoms with Crippen LogP contribution in [0.15, 0.2) is 28.9 Å². The molecule has 0 saturated carbocycles. The number of nitrogens with two attached hydrogens (primary N) is 1. The SMILES string of the molecule is Cc1coc(CCc2ccc(Cl)c(N)c2)n1. The van der Waals surface area contributed by atoms with Crippen LogP contribution in [-0.2, 0) is 12.8 Å².